The zero-order valence-corrected chi connectivity index (χ0v) is 7.48. The zero-order chi connectivity index (χ0) is 9.26. The van der Waals surface area contributed by atoms with Crippen LogP contribution in [0.2, 0.25) is 0 Å². The summed E-state index contributed by atoms with van der Waals surface area (Å²) in [5.41, 5.74) is 0.896. The van der Waals surface area contributed by atoms with E-state index in [1.54, 1.807) is 12.1 Å². The third-order valence-corrected chi connectivity index (χ3v) is 2.82. The molecule has 0 radical (unpaired) electrons. The molecule has 70 valence electrons. The number of aromatic hydroxyl groups is 1. The lowest BCUT2D eigenvalue weighted by Gasteiger charge is -2.15. The molecule has 0 heterocycles. The molecule has 1 saturated carbocycles. The minimum atomic E-state index is -0.270. The molecule has 13 heavy (non-hydrogen) atoms. The van der Waals surface area contributed by atoms with E-state index < -0.39 is 0 Å². The van der Waals surface area contributed by atoms with Gasteiger partial charge in [0.05, 0.1) is 6.10 Å². The van der Waals surface area contributed by atoms with E-state index in [0.717, 1.165) is 24.8 Å². The molecular formula is C11H14O2. The van der Waals surface area contributed by atoms with Crippen molar-refractivity contribution in [2.24, 2.45) is 0 Å². The number of aliphatic hydroxyl groups excluding tert-OH is 1. The van der Waals surface area contributed by atoms with E-state index in [9.17, 15) is 10.2 Å². The topological polar surface area (TPSA) is 40.5 Å². The number of hydrogen-bond donors (Lipinski definition) is 2. The maximum Gasteiger partial charge on any atom is 0.119 e. The largest absolute Gasteiger partial charge is 0.508 e. The molecule has 1 aliphatic carbocycles. The van der Waals surface area contributed by atoms with Gasteiger partial charge in [-0.2, -0.15) is 0 Å². The van der Waals surface area contributed by atoms with E-state index in [0.29, 0.717) is 5.75 Å². The molecule has 0 saturated heterocycles. The molecule has 2 rings (SSSR count). The van der Waals surface area contributed by atoms with Gasteiger partial charge in [-0.3, -0.25) is 0 Å². The van der Waals surface area contributed by atoms with E-state index in [2.05, 4.69) is 0 Å². The second-order valence-corrected chi connectivity index (χ2v) is 3.66. The summed E-state index contributed by atoms with van der Waals surface area (Å²) in [6.07, 6.45) is 2.63. The lowest BCUT2D eigenvalue weighted by atomic mass is 9.95. The lowest BCUT2D eigenvalue weighted by molar-refractivity contribution is 0.162. The quantitative estimate of drug-likeness (QED) is 0.690. The maximum atomic E-state index is 9.66. The number of rotatable bonds is 1. The first kappa shape index (κ1) is 8.57. The highest BCUT2D eigenvalue weighted by Crippen LogP contribution is 2.38. The average molecular weight is 178 g/mol. The second-order valence-electron chi connectivity index (χ2n) is 3.66. The minimum Gasteiger partial charge on any atom is -0.508 e. The van der Waals surface area contributed by atoms with Crippen LogP contribution in [0.1, 0.15) is 30.7 Å². The van der Waals surface area contributed by atoms with E-state index in [1.807, 2.05) is 12.1 Å². The molecule has 0 spiro atoms. The highest BCUT2D eigenvalue weighted by Gasteiger charge is 2.28. The number of benzene rings is 1. The third kappa shape index (κ3) is 1.54. The predicted octanol–water partition coefficient (Wildman–Crippen LogP) is 2.02. The van der Waals surface area contributed by atoms with E-state index >= 15 is 0 Å². The third-order valence-electron chi connectivity index (χ3n) is 2.82. The Morgan fingerprint density at radius 3 is 2.54 bits per heavy atom. The van der Waals surface area contributed by atoms with Crippen LogP contribution in [0.15, 0.2) is 24.3 Å². The highest BCUT2D eigenvalue weighted by molar-refractivity contribution is 5.36. The summed E-state index contributed by atoms with van der Waals surface area (Å²) >= 11 is 0. The van der Waals surface area contributed by atoms with Crippen LogP contribution in [0.25, 0.3) is 0 Å². The summed E-state index contributed by atoms with van der Waals surface area (Å²) in [6, 6.07) is 7.29. The fourth-order valence-corrected chi connectivity index (χ4v) is 2.10. The van der Waals surface area contributed by atoms with Gasteiger partial charge in [0, 0.05) is 5.92 Å². The van der Waals surface area contributed by atoms with E-state index in [-0.39, 0.29) is 12.0 Å². The molecule has 0 bridgehead atoms. The van der Waals surface area contributed by atoms with Crippen molar-refractivity contribution < 1.29 is 10.2 Å². The highest BCUT2D eigenvalue weighted by atomic mass is 16.3. The van der Waals surface area contributed by atoms with Gasteiger partial charge in [0.25, 0.3) is 0 Å². The number of para-hydroxylation sites is 1. The van der Waals surface area contributed by atoms with Crippen LogP contribution >= 0.6 is 0 Å². The first-order chi connectivity index (χ1) is 6.29. The monoisotopic (exact) mass is 178 g/mol. The molecule has 1 fully saturated rings. The van der Waals surface area contributed by atoms with Gasteiger partial charge in [-0.1, -0.05) is 24.6 Å². The summed E-state index contributed by atoms with van der Waals surface area (Å²) in [5.74, 6) is 0.453. The van der Waals surface area contributed by atoms with Crippen molar-refractivity contribution in [2.75, 3.05) is 0 Å². The van der Waals surface area contributed by atoms with Crippen molar-refractivity contribution in [1.29, 1.82) is 0 Å². The van der Waals surface area contributed by atoms with Crippen molar-refractivity contribution >= 4 is 0 Å². The molecule has 0 amide bonds. The van der Waals surface area contributed by atoms with Crippen LogP contribution in [-0.2, 0) is 0 Å². The molecule has 1 aromatic carbocycles. The summed E-state index contributed by atoms with van der Waals surface area (Å²) in [7, 11) is 0. The Kier molecular flexibility index (Phi) is 2.23. The summed E-state index contributed by atoms with van der Waals surface area (Å²) in [5, 5.41) is 19.2. The van der Waals surface area contributed by atoms with Crippen molar-refractivity contribution in [3.05, 3.63) is 29.8 Å². The van der Waals surface area contributed by atoms with Gasteiger partial charge in [0.15, 0.2) is 0 Å². The number of aliphatic hydroxyl groups is 1. The summed E-state index contributed by atoms with van der Waals surface area (Å²) in [6.45, 7) is 0. The SMILES string of the molecule is Oc1ccccc1[C@@H]1CCC[C@H]1O. The fraction of sp³-hybridized carbons (Fsp3) is 0.455. The molecule has 2 heteroatoms. The van der Waals surface area contributed by atoms with Crippen molar-refractivity contribution in [2.45, 2.75) is 31.3 Å². The zero-order valence-electron chi connectivity index (χ0n) is 7.48. The maximum absolute atomic E-state index is 9.66. The minimum absolute atomic E-state index is 0.140. The van der Waals surface area contributed by atoms with E-state index in [4.69, 9.17) is 0 Å². The van der Waals surface area contributed by atoms with Crippen molar-refractivity contribution in [3.63, 3.8) is 0 Å². The first-order valence-corrected chi connectivity index (χ1v) is 4.75. The Morgan fingerprint density at radius 2 is 1.92 bits per heavy atom. The molecule has 0 unspecified atom stereocenters. The van der Waals surface area contributed by atoms with Crippen LogP contribution < -0.4 is 0 Å². The van der Waals surface area contributed by atoms with Gasteiger partial charge in [-0.15, -0.1) is 0 Å². The number of phenolic OH excluding ortho intramolecular Hbond substituents is 1. The van der Waals surface area contributed by atoms with Gasteiger partial charge < -0.3 is 10.2 Å². The van der Waals surface area contributed by atoms with Crippen LogP contribution in [0.5, 0.6) is 5.75 Å². The van der Waals surface area contributed by atoms with Crippen molar-refractivity contribution in [3.8, 4) is 5.75 Å². The molecular weight excluding hydrogens is 164 g/mol. The molecule has 2 nitrogen and oxygen atoms in total. The van der Waals surface area contributed by atoms with Gasteiger partial charge in [-0.25, -0.2) is 0 Å². The Morgan fingerprint density at radius 1 is 1.15 bits per heavy atom. The molecule has 1 aliphatic rings. The van der Waals surface area contributed by atoms with E-state index in [1.165, 1.54) is 0 Å². The van der Waals surface area contributed by atoms with Gasteiger partial charge >= 0.3 is 0 Å². The van der Waals surface area contributed by atoms with Crippen molar-refractivity contribution in [1.82, 2.24) is 0 Å². The van der Waals surface area contributed by atoms with Crippen LogP contribution in [-0.4, -0.2) is 16.3 Å². The van der Waals surface area contributed by atoms with Crippen LogP contribution in [0.4, 0.5) is 0 Å². The van der Waals surface area contributed by atoms with Gasteiger partial charge in [-0.05, 0) is 24.5 Å². The average Bonchev–Trinajstić information content (AvgIpc) is 2.52. The normalized spacial score (nSPS) is 27.8. The smallest absolute Gasteiger partial charge is 0.119 e. The second kappa shape index (κ2) is 3.38. The fourth-order valence-electron chi connectivity index (χ4n) is 2.10. The standard InChI is InChI=1S/C11H14O2/c12-10-6-2-1-4-8(10)9-5-3-7-11(9)13/h1-2,4,6,9,11-13H,3,5,7H2/t9-,11+/m0/s1. The lowest BCUT2D eigenvalue weighted by Crippen LogP contribution is -2.10. The Balaban J connectivity index is 2.29. The first-order valence-electron chi connectivity index (χ1n) is 4.75. The predicted molar refractivity (Wildman–Crippen MR) is 50.7 cm³/mol. The van der Waals surface area contributed by atoms with Gasteiger partial charge in [0.2, 0.25) is 0 Å². The molecule has 0 aromatic heterocycles. The molecule has 2 atom stereocenters. The Hall–Kier alpha value is -1.02. The molecule has 0 aliphatic heterocycles. The van der Waals surface area contributed by atoms with Gasteiger partial charge in [0.1, 0.15) is 5.75 Å². The van der Waals surface area contributed by atoms with Crippen LogP contribution in [0.3, 0.4) is 0 Å². The number of hydrogen-bond acceptors (Lipinski definition) is 2. The molecule has 2 N–H and O–H groups in total. The Labute approximate surface area is 77.8 Å². The number of phenols is 1. The summed E-state index contributed by atoms with van der Waals surface area (Å²) < 4.78 is 0. The Bertz CT molecular complexity index is 296. The summed E-state index contributed by atoms with van der Waals surface area (Å²) in [4.78, 5) is 0. The molecule has 1 aromatic rings. The van der Waals surface area contributed by atoms with Crippen LogP contribution in [0, 0.1) is 0 Å².